The fourth-order valence-electron chi connectivity index (χ4n) is 2.40. The Morgan fingerprint density at radius 1 is 1.27 bits per heavy atom. The van der Waals surface area contributed by atoms with Gasteiger partial charge < -0.3 is 19.3 Å². The molecule has 0 spiro atoms. The van der Waals surface area contributed by atoms with Crippen LogP contribution in [0, 0.1) is 10.1 Å². The summed E-state index contributed by atoms with van der Waals surface area (Å²) in [5.41, 5.74) is 0.323. The van der Waals surface area contributed by atoms with Gasteiger partial charge in [0.2, 0.25) is 5.52 Å². The van der Waals surface area contributed by atoms with E-state index in [-0.39, 0.29) is 11.1 Å². The highest BCUT2D eigenvalue weighted by atomic mass is 16.7. The molecule has 0 unspecified atom stereocenters. The third-order valence-corrected chi connectivity index (χ3v) is 3.43. The molecule has 0 aliphatic heterocycles. The summed E-state index contributed by atoms with van der Waals surface area (Å²) >= 11 is 0. The van der Waals surface area contributed by atoms with Crippen LogP contribution >= 0.6 is 0 Å². The molecule has 0 amide bonds. The Labute approximate surface area is 126 Å². The monoisotopic (exact) mass is 308 g/mol. The molecule has 1 heterocycles. The minimum atomic E-state index is -0.824. The predicted octanol–water partition coefficient (Wildman–Crippen LogP) is 0.946. The summed E-state index contributed by atoms with van der Waals surface area (Å²) in [6, 6.07) is 3.09. The lowest BCUT2D eigenvalue weighted by Crippen LogP contribution is -2.29. The maximum absolute atomic E-state index is 12.3. The molecule has 0 aliphatic carbocycles. The highest BCUT2D eigenvalue weighted by Crippen LogP contribution is 2.42. The molecule has 0 aliphatic rings. The SMILES string of the molecule is COc1cc2c(c(C(OC)OC)cc[n+]2C)c([N+](=O)[O-])c1[O-]. The molecule has 118 valence electrons. The number of hydrogen-bond donors (Lipinski definition) is 0. The minimum Gasteiger partial charge on any atom is -0.865 e. The van der Waals surface area contributed by atoms with E-state index in [0.29, 0.717) is 11.1 Å². The number of ether oxygens (including phenoxy) is 3. The van der Waals surface area contributed by atoms with Crippen molar-refractivity contribution in [3.05, 3.63) is 34.0 Å². The van der Waals surface area contributed by atoms with Crippen LogP contribution in [-0.2, 0) is 16.5 Å². The van der Waals surface area contributed by atoms with Crippen molar-refractivity contribution >= 4 is 16.6 Å². The van der Waals surface area contributed by atoms with Crippen molar-refractivity contribution in [2.75, 3.05) is 21.3 Å². The molecule has 1 aromatic heterocycles. The number of nitro benzene ring substituents is 1. The standard InChI is InChI=1S/C14H16N2O6/c1-15-6-5-8(14(21-3)22-4)11-9(15)7-10(20-2)13(17)12(11)16(18)19/h5-7,14H,1-4H3. The Bertz CT molecular complexity index is 727. The van der Waals surface area contributed by atoms with Crippen LogP contribution in [0.25, 0.3) is 10.9 Å². The first-order valence-corrected chi connectivity index (χ1v) is 6.36. The fourth-order valence-corrected chi connectivity index (χ4v) is 2.40. The van der Waals surface area contributed by atoms with Gasteiger partial charge in [0.1, 0.15) is 18.2 Å². The Hall–Kier alpha value is -2.45. The Morgan fingerprint density at radius 2 is 1.91 bits per heavy atom. The van der Waals surface area contributed by atoms with Crippen LogP contribution in [-0.4, -0.2) is 26.3 Å². The lowest BCUT2D eigenvalue weighted by molar-refractivity contribution is -0.645. The Balaban J connectivity index is 2.99. The second-order valence-electron chi connectivity index (χ2n) is 4.59. The van der Waals surface area contributed by atoms with Gasteiger partial charge in [-0.2, -0.15) is 0 Å². The zero-order chi connectivity index (χ0) is 16.4. The average Bonchev–Trinajstić information content (AvgIpc) is 2.49. The molecule has 0 radical (unpaired) electrons. The van der Waals surface area contributed by atoms with E-state index in [4.69, 9.17) is 14.2 Å². The van der Waals surface area contributed by atoms with Crippen LogP contribution in [0.5, 0.6) is 11.5 Å². The first-order valence-electron chi connectivity index (χ1n) is 6.36. The minimum absolute atomic E-state index is 0.0849. The van der Waals surface area contributed by atoms with Crippen molar-refractivity contribution in [1.82, 2.24) is 0 Å². The van der Waals surface area contributed by atoms with Crippen molar-refractivity contribution < 1.29 is 28.8 Å². The van der Waals surface area contributed by atoms with Crippen molar-refractivity contribution in [3.8, 4) is 11.5 Å². The first-order chi connectivity index (χ1) is 10.5. The van der Waals surface area contributed by atoms with Crippen LogP contribution in [0.3, 0.4) is 0 Å². The second-order valence-corrected chi connectivity index (χ2v) is 4.59. The van der Waals surface area contributed by atoms with Gasteiger partial charge in [-0.15, -0.1) is 0 Å². The van der Waals surface area contributed by atoms with E-state index in [9.17, 15) is 15.2 Å². The predicted molar refractivity (Wildman–Crippen MR) is 74.5 cm³/mol. The number of nitrogens with zero attached hydrogens (tertiary/aromatic N) is 2. The second kappa shape index (κ2) is 6.12. The van der Waals surface area contributed by atoms with Crippen molar-refractivity contribution in [3.63, 3.8) is 0 Å². The molecule has 0 saturated carbocycles. The summed E-state index contributed by atoms with van der Waals surface area (Å²) in [6.45, 7) is 0. The average molecular weight is 308 g/mol. The molecule has 0 atom stereocenters. The summed E-state index contributed by atoms with van der Waals surface area (Å²) < 4.78 is 17.0. The molecule has 0 saturated heterocycles. The van der Waals surface area contributed by atoms with Crippen molar-refractivity contribution in [2.45, 2.75) is 6.29 Å². The Kier molecular flexibility index (Phi) is 4.43. The van der Waals surface area contributed by atoms with Gasteiger partial charge >= 0.3 is 0 Å². The van der Waals surface area contributed by atoms with Gasteiger partial charge in [0.05, 0.1) is 18.1 Å². The zero-order valence-corrected chi connectivity index (χ0v) is 12.7. The number of aromatic nitrogens is 1. The van der Waals surface area contributed by atoms with E-state index in [1.807, 2.05) is 0 Å². The molecule has 2 aromatic rings. The maximum Gasteiger partial charge on any atom is 0.279 e. The van der Waals surface area contributed by atoms with Gasteiger partial charge in [-0.05, 0) is 0 Å². The zero-order valence-electron chi connectivity index (χ0n) is 12.7. The van der Waals surface area contributed by atoms with Gasteiger partial charge in [-0.25, -0.2) is 4.57 Å². The number of fused-ring (bicyclic) bond motifs is 1. The lowest BCUT2D eigenvalue weighted by Gasteiger charge is -2.18. The summed E-state index contributed by atoms with van der Waals surface area (Å²) in [6.07, 6.45) is 0.881. The van der Waals surface area contributed by atoms with E-state index in [2.05, 4.69) is 0 Å². The van der Waals surface area contributed by atoms with E-state index in [1.54, 1.807) is 23.9 Å². The largest absolute Gasteiger partial charge is 0.865 e. The topological polar surface area (TPSA) is 97.8 Å². The quantitative estimate of drug-likeness (QED) is 0.353. The number of rotatable bonds is 5. The van der Waals surface area contributed by atoms with Gasteiger partial charge in [-0.3, -0.25) is 10.1 Å². The summed E-state index contributed by atoms with van der Waals surface area (Å²) in [5.74, 6) is -0.864. The Morgan fingerprint density at radius 3 is 2.41 bits per heavy atom. The van der Waals surface area contributed by atoms with E-state index >= 15 is 0 Å². The molecule has 2 rings (SSSR count). The van der Waals surface area contributed by atoms with Crippen LogP contribution in [0.4, 0.5) is 5.69 Å². The van der Waals surface area contributed by atoms with Gasteiger partial charge in [0.25, 0.3) is 5.69 Å². The van der Waals surface area contributed by atoms with Crippen molar-refractivity contribution in [1.29, 1.82) is 0 Å². The van der Waals surface area contributed by atoms with Crippen LogP contribution in [0.2, 0.25) is 0 Å². The summed E-state index contributed by atoms with van der Waals surface area (Å²) in [7, 11) is 5.85. The maximum atomic E-state index is 12.3. The van der Waals surface area contributed by atoms with Crippen LogP contribution in [0.1, 0.15) is 11.9 Å². The molecule has 0 N–H and O–H groups in total. The number of nitro groups is 1. The molecular formula is C14H16N2O6. The highest BCUT2D eigenvalue weighted by Gasteiger charge is 2.28. The summed E-state index contributed by atoms with van der Waals surface area (Å²) in [5, 5.41) is 23.9. The number of pyridine rings is 1. The number of benzene rings is 1. The third kappa shape index (κ3) is 2.42. The van der Waals surface area contributed by atoms with Crippen LogP contribution < -0.4 is 14.4 Å². The molecule has 22 heavy (non-hydrogen) atoms. The third-order valence-electron chi connectivity index (χ3n) is 3.43. The van der Waals surface area contributed by atoms with Gasteiger partial charge in [0, 0.05) is 31.6 Å². The van der Waals surface area contributed by atoms with Gasteiger partial charge in [0.15, 0.2) is 12.5 Å². The molecule has 1 aromatic carbocycles. The van der Waals surface area contributed by atoms with E-state index in [0.717, 1.165) is 0 Å². The van der Waals surface area contributed by atoms with Crippen LogP contribution in [0.15, 0.2) is 18.3 Å². The number of hydrogen-bond acceptors (Lipinski definition) is 6. The highest BCUT2D eigenvalue weighted by molar-refractivity contribution is 5.94. The molecule has 8 heteroatoms. The molecule has 8 nitrogen and oxygen atoms in total. The number of methoxy groups -OCH3 is 3. The van der Waals surface area contributed by atoms with Gasteiger partial charge in [-0.1, -0.05) is 0 Å². The fraction of sp³-hybridized carbons (Fsp3) is 0.357. The lowest BCUT2D eigenvalue weighted by atomic mass is 10.0. The molecular weight excluding hydrogens is 292 g/mol. The summed E-state index contributed by atoms with van der Waals surface area (Å²) in [4.78, 5) is 10.7. The number of aryl methyl sites for hydroxylation is 1. The normalized spacial score (nSPS) is 11.1. The molecule has 0 bridgehead atoms. The van der Waals surface area contributed by atoms with Crippen molar-refractivity contribution in [2.24, 2.45) is 7.05 Å². The molecule has 0 fully saturated rings. The van der Waals surface area contributed by atoms with E-state index < -0.39 is 22.7 Å². The van der Waals surface area contributed by atoms with E-state index in [1.165, 1.54) is 27.4 Å². The smallest absolute Gasteiger partial charge is 0.279 e. The first kappa shape index (κ1) is 15.9.